The predicted octanol–water partition coefficient (Wildman–Crippen LogP) is 5.09. The molecule has 1 aromatic heterocycles. The number of thiophene rings is 1. The van der Waals surface area contributed by atoms with Crippen LogP contribution in [0.15, 0.2) is 4.90 Å². The molecular formula is C7HF9S2. The summed E-state index contributed by atoms with van der Waals surface area (Å²) in [5.41, 5.74) is -2.41. The van der Waals surface area contributed by atoms with Crippen LogP contribution in [-0.2, 0) is 18.5 Å². The smallest absolute Gasteiger partial charge is 0.166 e. The average molecular weight is 320 g/mol. The van der Waals surface area contributed by atoms with E-state index in [2.05, 4.69) is 12.6 Å². The predicted molar refractivity (Wildman–Crippen MR) is 46.6 cm³/mol. The van der Waals surface area contributed by atoms with Gasteiger partial charge in [-0.05, 0) is 0 Å². The summed E-state index contributed by atoms with van der Waals surface area (Å²) >= 11 is 1.90. The van der Waals surface area contributed by atoms with Gasteiger partial charge in [0.2, 0.25) is 0 Å². The van der Waals surface area contributed by atoms with Crippen molar-refractivity contribution in [3.8, 4) is 0 Å². The average Bonchev–Trinajstić information content (AvgIpc) is 2.39. The number of thiol groups is 1. The third-order valence-corrected chi connectivity index (χ3v) is 3.56. The SMILES string of the molecule is FC(F)(F)c1sc(C(F)(F)F)c(C(F)(F)F)c1S. The van der Waals surface area contributed by atoms with Gasteiger partial charge >= 0.3 is 18.5 Å². The Kier molecular flexibility index (Phi) is 3.63. The molecule has 0 radical (unpaired) electrons. The van der Waals surface area contributed by atoms with E-state index in [1.807, 2.05) is 0 Å². The summed E-state index contributed by atoms with van der Waals surface area (Å²) in [7, 11) is 0. The van der Waals surface area contributed by atoms with E-state index >= 15 is 0 Å². The molecule has 0 saturated carbocycles. The minimum absolute atomic E-state index is 1.02. The van der Waals surface area contributed by atoms with Crippen LogP contribution in [0.5, 0.6) is 0 Å². The molecule has 0 unspecified atom stereocenters. The summed E-state index contributed by atoms with van der Waals surface area (Å²) in [6, 6.07) is 0. The van der Waals surface area contributed by atoms with E-state index in [-0.39, 0.29) is 0 Å². The van der Waals surface area contributed by atoms with Crippen LogP contribution >= 0.6 is 24.0 Å². The molecule has 0 fully saturated rings. The minimum atomic E-state index is -5.57. The van der Waals surface area contributed by atoms with E-state index in [4.69, 9.17) is 0 Å². The van der Waals surface area contributed by atoms with Gasteiger partial charge in [-0.2, -0.15) is 39.5 Å². The van der Waals surface area contributed by atoms with Crippen molar-refractivity contribution in [1.82, 2.24) is 0 Å². The fourth-order valence-corrected chi connectivity index (χ4v) is 2.61. The number of alkyl halides is 9. The van der Waals surface area contributed by atoms with Crippen LogP contribution in [0.25, 0.3) is 0 Å². The molecule has 0 spiro atoms. The summed E-state index contributed by atoms with van der Waals surface area (Å²) in [5, 5.41) is 0. The zero-order chi connectivity index (χ0) is 14.5. The third kappa shape index (κ3) is 2.87. The molecule has 0 N–H and O–H groups in total. The van der Waals surface area contributed by atoms with Crippen molar-refractivity contribution in [3.05, 3.63) is 15.3 Å². The van der Waals surface area contributed by atoms with E-state index in [1.165, 1.54) is 0 Å². The van der Waals surface area contributed by atoms with Gasteiger partial charge in [0, 0.05) is 4.90 Å². The monoisotopic (exact) mass is 320 g/mol. The first-order chi connectivity index (χ1) is 7.76. The Hall–Kier alpha value is -0.580. The van der Waals surface area contributed by atoms with Crippen molar-refractivity contribution in [1.29, 1.82) is 0 Å². The van der Waals surface area contributed by atoms with Gasteiger partial charge in [-0.3, -0.25) is 0 Å². The van der Waals surface area contributed by atoms with Crippen LogP contribution < -0.4 is 0 Å². The topological polar surface area (TPSA) is 0 Å². The van der Waals surface area contributed by atoms with E-state index in [0.717, 1.165) is 0 Å². The van der Waals surface area contributed by atoms with Crippen molar-refractivity contribution in [3.63, 3.8) is 0 Å². The van der Waals surface area contributed by atoms with Crippen molar-refractivity contribution in [2.45, 2.75) is 23.4 Å². The van der Waals surface area contributed by atoms with Gasteiger partial charge in [0.25, 0.3) is 0 Å². The third-order valence-electron chi connectivity index (χ3n) is 1.68. The lowest BCUT2D eigenvalue weighted by Gasteiger charge is -2.11. The molecule has 0 amide bonds. The van der Waals surface area contributed by atoms with Crippen LogP contribution in [0.1, 0.15) is 15.3 Å². The standard InChI is InChI=1S/C7HF9S2/c8-5(9,10)1-2(17)4(7(14,15)16)18-3(1)6(11,12)13/h17H. The molecule has 0 aliphatic carbocycles. The van der Waals surface area contributed by atoms with Gasteiger partial charge in [-0.1, -0.05) is 0 Å². The molecule has 0 aromatic carbocycles. The summed E-state index contributed by atoms with van der Waals surface area (Å²) in [5.74, 6) is 0. The Morgan fingerprint density at radius 2 is 1.06 bits per heavy atom. The second kappa shape index (κ2) is 4.22. The van der Waals surface area contributed by atoms with Crippen LogP contribution in [0.4, 0.5) is 39.5 Å². The summed E-state index contributed by atoms with van der Waals surface area (Å²) in [6.07, 6.45) is -16.4. The van der Waals surface area contributed by atoms with Gasteiger partial charge in [0.15, 0.2) is 0 Å². The van der Waals surface area contributed by atoms with Gasteiger partial charge in [0.1, 0.15) is 9.75 Å². The van der Waals surface area contributed by atoms with Gasteiger partial charge in [-0.25, -0.2) is 0 Å². The van der Waals surface area contributed by atoms with E-state index in [1.54, 1.807) is 0 Å². The second-order valence-electron chi connectivity index (χ2n) is 2.98. The highest BCUT2D eigenvalue weighted by Crippen LogP contribution is 2.52. The largest absolute Gasteiger partial charge is 0.426 e. The highest BCUT2D eigenvalue weighted by atomic mass is 32.1. The summed E-state index contributed by atoms with van der Waals surface area (Å²) in [6.45, 7) is 0. The quantitative estimate of drug-likeness (QED) is 0.499. The van der Waals surface area contributed by atoms with Gasteiger partial charge < -0.3 is 0 Å². The zero-order valence-electron chi connectivity index (χ0n) is 7.76. The second-order valence-corrected chi connectivity index (χ2v) is 4.45. The number of hydrogen-bond acceptors (Lipinski definition) is 2. The maximum Gasteiger partial charge on any atom is 0.426 e. The van der Waals surface area contributed by atoms with E-state index in [9.17, 15) is 39.5 Å². The van der Waals surface area contributed by atoms with Gasteiger partial charge in [0.05, 0.1) is 5.56 Å². The summed E-state index contributed by atoms with van der Waals surface area (Å²) < 4.78 is 111. The minimum Gasteiger partial charge on any atom is -0.166 e. The Labute approximate surface area is 103 Å². The lowest BCUT2D eigenvalue weighted by atomic mass is 10.2. The first-order valence-electron chi connectivity index (χ1n) is 3.83. The molecule has 11 heteroatoms. The first-order valence-corrected chi connectivity index (χ1v) is 5.10. The number of halogens is 9. The van der Waals surface area contributed by atoms with Crippen molar-refractivity contribution in [2.75, 3.05) is 0 Å². The number of hydrogen-bond donors (Lipinski definition) is 1. The molecule has 18 heavy (non-hydrogen) atoms. The molecule has 1 aromatic rings. The Morgan fingerprint density at radius 3 is 1.28 bits per heavy atom. The fourth-order valence-electron chi connectivity index (χ4n) is 1.08. The molecule has 0 bridgehead atoms. The van der Waals surface area contributed by atoms with E-state index in [0.29, 0.717) is 0 Å². The molecule has 0 atom stereocenters. The Morgan fingerprint density at radius 1 is 0.667 bits per heavy atom. The lowest BCUT2D eigenvalue weighted by molar-refractivity contribution is -0.161. The van der Waals surface area contributed by atoms with Crippen molar-refractivity contribution in [2.24, 2.45) is 0 Å². The molecule has 0 aliphatic heterocycles. The maximum absolute atomic E-state index is 12.3. The van der Waals surface area contributed by atoms with Crippen LogP contribution in [0.2, 0.25) is 0 Å². The summed E-state index contributed by atoms with van der Waals surface area (Å²) in [4.78, 5) is -6.13. The fraction of sp³-hybridized carbons (Fsp3) is 0.429. The molecule has 104 valence electrons. The van der Waals surface area contributed by atoms with Crippen LogP contribution in [-0.4, -0.2) is 0 Å². The zero-order valence-corrected chi connectivity index (χ0v) is 9.47. The van der Waals surface area contributed by atoms with Crippen molar-refractivity contribution < 1.29 is 39.5 Å². The molecule has 0 nitrogen and oxygen atoms in total. The van der Waals surface area contributed by atoms with Crippen LogP contribution in [0.3, 0.4) is 0 Å². The molecule has 1 rings (SSSR count). The molecule has 0 saturated heterocycles. The normalized spacial score (nSPS) is 14.1. The highest BCUT2D eigenvalue weighted by Gasteiger charge is 2.51. The molecule has 0 aliphatic rings. The Balaban J connectivity index is 3.63. The first kappa shape index (κ1) is 15.5. The molecule has 1 heterocycles. The lowest BCUT2D eigenvalue weighted by Crippen LogP contribution is -2.14. The highest BCUT2D eigenvalue weighted by molar-refractivity contribution is 7.80. The van der Waals surface area contributed by atoms with Gasteiger partial charge in [-0.15, -0.1) is 24.0 Å². The van der Waals surface area contributed by atoms with E-state index < -0.39 is 50.1 Å². The maximum atomic E-state index is 12.3. The Bertz CT molecular complexity index is 447. The number of rotatable bonds is 0. The molecular weight excluding hydrogens is 319 g/mol. The van der Waals surface area contributed by atoms with Crippen molar-refractivity contribution >= 4 is 24.0 Å². The van der Waals surface area contributed by atoms with Crippen LogP contribution in [0, 0.1) is 0 Å².